The number of hydrogen-bond acceptors (Lipinski definition) is 9. The lowest BCUT2D eigenvalue weighted by molar-refractivity contribution is -0.145. The number of halogens is 1. The number of carbonyl (C=O) groups is 1. The van der Waals surface area contributed by atoms with E-state index >= 15 is 0 Å². The van der Waals surface area contributed by atoms with Crippen LogP contribution in [0.3, 0.4) is 0 Å². The molecule has 2 aromatic carbocycles. The van der Waals surface area contributed by atoms with Crippen LogP contribution in [0.2, 0.25) is 0 Å². The van der Waals surface area contributed by atoms with E-state index in [0.717, 1.165) is 53.7 Å². The second-order valence-corrected chi connectivity index (χ2v) is 9.39. The van der Waals surface area contributed by atoms with Crippen LogP contribution in [-0.4, -0.2) is 78.4 Å². The predicted molar refractivity (Wildman–Crippen MR) is 143 cm³/mol. The first-order chi connectivity index (χ1) is 17.5. The molecule has 3 aromatic rings. The van der Waals surface area contributed by atoms with Gasteiger partial charge in [-0.1, -0.05) is 28.9 Å². The van der Waals surface area contributed by atoms with Gasteiger partial charge >= 0.3 is 5.97 Å². The van der Waals surface area contributed by atoms with E-state index in [-0.39, 0.29) is 12.2 Å². The number of rotatable bonds is 10. The Morgan fingerprint density at radius 1 is 1.11 bits per heavy atom. The van der Waals surface area contributed by atoms with Gasteiger partial charge in [-0.25, -0.2) is 9.97 Å². The summed E-state index contributed by atoms with van der Waals surface area (Å²) in [4.78, 5) is 25.2. The van der Waals surface area contributed by atoms with Crippen LogP contribution < -0.4 is 14.8 Å². The van der Waals surface area contributed by atoms with Crippen molar-refractivity contribution in [2.24, 2.45) is 0 Å². The summed E-state index contributed by atoms with van der Waals surface area (Å²) in [5.74, 6) is 1.77. The van der Waals surface area contributed by atoms with Crippen LogP contribution >= 0.6 is 15.9 Å². The van der Waals surface area contributed by atoms with E-state index < -0.39 is 0 Å². The molecule has 1 aromatic heterocycles. The van der Waals surface area contributed by atoms with Crippen molar-refractivity contribution in [2.45, 2.75) is 26.5 Å². The smallest absolute Gasteiger partial charge is 0.320 e. The minimum Gasteiger partial charge on any atom is -0.493 e. The average molecular weight is 558 g/mol. The summed E-state index contributed by atoms with van der Waals surface area (Å²) in [6.07, 6.45) is 2.20. The van der Waals surface area contributed by atoms with Gasteiger partial charge in [0, 0.05) is 47.8 Å². The first-order valence-corrected chi connectivity index (χ1v) is 12.9. The van der Waals surface area contributed by atoms with Crippen LogP contribution in [0.5, 0.6) is 11.5 Å². The Kier molecular flexibility index (Phi) is 8.95. The molecule has 1 unspecified atom stereocenters. The molecular formula is C26H32BrN5O4. The molecule has 1 saturated heterocycles. The minimum atomic E-state index is -0.176. The topological polar surface area (TPSA) is 89.1 Å². The van der Waals surface area contributed by atoms with Crippen molar-refractivity contribution in [1.29, 1.82) is 0 Å². The molecule has 0 spiro atoms. The summed E-state index contributed by atoms with van der Waals surface area (Å²) >= 11 is 3.51. The highest BCUT2D eigenvalue weighted by Gasteiger charge is 2.26. The summed E-state index contributed by atoms with van der Waals surface area (Å²) in [7, 11) is 1.63. The fraction of sp³-hybridized carbons (Fsp3) is 0.423. The lowest BCUT2D eigenvalue weighted by atomic mass is 10.2. The number of nitrogens with zero attached hydrogens (tertiary/aromatic N) is 4. The minimum absolute atomic E-state index is 0.132. The standard InChI is InChI=1S/C26H32BrN5O4/c1-4-24(32-11-9-31(10-12-32)16-25(33)35-5-2)36-23-14-20-21(15-22(23)34-3)28-17-29-26(20)30-19-8-6-7-18(27)13-19/h6-8,13-15,17,24H,4-5,9-12,16H2,1-3H3,(H,28,29,30). The van der Waals surface area contributed by atoms with Gasteiger partial charge < -0.3 is 19.5 Å². The Morgan fingerprint density at radius 3 is 2.61 bits per heavy atom. The number of benzene rings is 2. The Morgan fingerprint density at radius 2 is 1.92 bits per heavy atom. The summed E-state index contributed by atoms with van der Waals surface area (Å²) in [6.45, 7) is 7.82. The quantitative estimate of drug-likeness (QED) is 0.363. The SMILES string of the molecule is CCOC(=O)CN1CCN(C(CC)Oc2cc3c(Nc4cccc(Br)c4)ncnc3cc2OC)CC1. The van der Waals surface area contributed by atoms with Crippen LogP contribution in [0.1, 0.15) is 20.3 Å². The van der Waals surface area contributed by atoms with Crippen molar-refractivity contribution in [1.82, 2.24) is 19.8 Å². The lowest BCUT2D eigenvalue weighted by Gasteiger charge is -2.38. The molecule has 4 rings (SSSR count). The third-order valence-electron chi connectivity index (χ3n) is 6.09. The Bertz CT molecular complexity index is 1190. The van der Waals surface area contributed by atoms with Crippen LogP contribution in [0.15, 0.2) is 47.2 Å². The molecule has 0 amide bonds. The maximum Gasteiger partial charge on any atom is 0.320 e. The fourth-order valence-electron chi connectivity index (χ4n) is 4.28. The van der Waals surface area contributed by atoms with Gasteiger partial charge in [0.05, 0.1) is 25.8 Å². The Hall–Kier alpha value is -2.95. The number of anilines is 2. The molecule has 10 heteroatoms. The van der Waals surface area contributed by atoms with E-state index in [2.05, 4.69) is 47.9 Å². The van der Waals surface area contributed by atoms with Crippen LogP contribution in [0, 0.1) is 0 Å². The normalized spacial score (nSPS) is 15.4. The van der Waals surface area contributed by atoms with E-state index in [4.69, 9.17) is 14.2 Å². The highest BCUT2D eigenvalue weighted by atomic mass is 79.9. The van der Waals surface area contributed by atoms with Gasteiger partial charge in [-0.05, 0) is 37.6 Å². The highest BCUT2D eigenvalue weighted by Crippen LogP contribution is 2.36. The van der Waals surface area contributed by atoms with Crippen molar-refractivity contribution in [2.75, 3.05) is 51.8 Å². The second-order valence-electron chi connectivity index (χ2n) is 8.48. The molecule has 192 valence electrons. The molecule has 0 aliphatic carbocycles. The van der Waals surface area contributed by atoms with Gasteiger partial charge in [-0.15, -0.1) is 0 Å². The maximum atomic E-state index is 11.8. The van der Waals surface area contributed by atoms with Crippen molar-refractivity contribution >= 4 is 44.3 Å². The van der Waals surface area contributed by atoms with Gasteiger partial charge in [0.2, 0.25) is 0 Å². The van der Waals surface area contributed by atoms with E-state index in [1.807, 2.05) is 43.3 Å². The van der Waals surface area contributed by atoms with Gasteiger partial charge in [0.1, 0.15) is 12.1 Å². The number of methoxy groups -OCH3 is 1. The molecule has 1 N–H and O–H groups in total. The highest BCUT2D eigenvalue weighted by molar-refractivity contribution is 9.10. The van der Waals surface area contributed by atoms with Crippen LogP contribution in [-0.2, 0) is 9.53 Å². The molecule has 1 atom stereocenters. The van der Waals surface area contributed by atoms with Crippen molar-refractivity contribution in [3.05, 3.63) is 47.2 Å². The molecule has 0 bridgehead atoms. The molecule has 2 heterocycles. The van der Waals surface area contributed by atoms with Crippen molar-refractivity contribution in [3.8, 4) is 11.5 Å². The summed E-state index contributed by atoms with van der Waals surface area (Å²) in [5.41, 5.74) is 1.67. The van der Waals surface area contributed by atoms with Gasteiger partial charge in [-0.2, -0.15) is 0 Å². The first-order valence-electron chi connectivity index (χ1n) is 12.1. The predicted octanol–water partition coefficient (Wildman–Crippen LogP) is 4.44. The molecule has 1 aliphatic heterocycles. The first kappa shape index (κ1) is 26.1. The van der Waals surface area contributed by atoms with Gasteiger partial charge in [-0.3, -0.25) is 14.6 Å². The summed E-state index contributed by atoms with van der Waals surface area (Å²) < 4.78 is 18.2. The zero-order valence-electron chi connectivity index (χ0n) is 20.9. The van der Waals surface area contributed by atoms with E-state index in [1.165, 1.54) is 6.33 Å². The molecule has 1 aliphatic rings. The van der Waals surface area contributed by atoms with E-state index in [9.17, 15) is 4.79 Å². The number of hydrogen-bond donors (Lipinski definition) is 1. The molecule has 1 fully saturated rings. The van der Waals surface area contributed by atoms with Gasteiger partial charge in [0.15, 0.2) is 17.7 Å². The molecule has 0 radical (unpaired) electrons. The Balaban J connectivity index is 1.52. The molecular weight excluding hydrogens is 526 g/mol. The van der Waals surface area contributed by atoms with Crippen molar-refractivity contribution in [3.63, 3.8) is 0 Å². The summed E-state index contributed by atoms with van der Waals surface area (Å²) in [6, 6.07) is 11.7. The zero-order chi connectivity index (χ0) is 25.5. The largest absolute Gasteiger partial charge is 0.493 e. The van der Waals surface area contributed by atoms with Crippen molar-refractivity contribution < 1.29 is 19.0 Å². The summed E-state index contributed by atoms with van der Waals surface area (Å²) in [5, 5.41) is 4.22. The van der Waals surface area contributed by atoms with Gasteiger partial charge in [0.25, 0.3) is 0 Å². The second kappa shape index (κ2) is 12.3. The van der Waals surface area contributed by atoms with E-state index in [0.29, 0.717) is 30.5 Å². The fourth-order valence-corrected chi connectivity index (χ4v) is 4.68. The number of piperazine rings is 1. The number of nitrogens with one attached hydrogen (secondary N) is 1. The Labute approximate surface area is 219 Å². The third kappa shape index (κ3) is 6.43. The monoisotopic (exact) mass is 557 g/mol. The van der Waals surface area contributed by atoms with Crippen LogP contribution in [0.25, 0.3) is 10.9 Å². The molecule has 0 saturated carbocycles. The zero-order valence-corrected chi connectivity index (χ0v) is 22.5. The number of fused-ring (bicyclic) bond motifs is 1. The molecule has 9 nitrogen and oxygen atoms in total. The third-order valence-corrected chi connectivity index (χ3v) is 6.59. The number of ether oxygens (including phenoxy) is 3. The molecule has 36 heavy (non-hydrogen) atoms. The number of carbonyl (C=O) groups excluding carboxylic acids is 1. The van der Waals surface area contributed by atoms with E-state index in [1.54, 1.807) is 7.11 Å². The lowest BCUT2D eigenvalue weighted by Crippen LogP contribution is -2.52. The number of esters is 1. The average Bonchev–Trinajstić information content (AvgIpc) is 2.88. The number of aromatic nitrogens is 2. The van der Waals surface area contributed by atoms with Crippen LogP contribution in [0.4, 0.5) is 11.5 Å². The maximum absolute atomic E-state index is 11.8.